The Labute approximate surface area is 172 Å². The van der Waals surface area contributed by atoms with E-state index < -0.39 is 0 Å². The second-order valence-corrected chi connectivity index (χ2v) is 7.11. The van der Waals surface area contributed by atoms with Gasteiger partial charge in [0.25, 0.3) is 0 Å². The van der Waals surface area contributed by atoms with Crippen LogP contribution >= 0.6 is 11.8 Å². The summed E-state index contributed by atoms with van der Waals surface area (Å²) in [4.78, 5) is 24.6. The number of ether oxygens (including phenoxy) is 2. The fraction of sp³-hybridized carbons (Fsp3) is 0.200. The second-order valence-electron chi connectivity index (χ2n) is 6.07. The first-order valence-corrected chi connectivity index (χ1v) is 9.49. The third-order valence-corrected chi connectivity index (χ3v) is 4.97. The highest BCUT2D eigenvalue weighted by atomic mass is 32.2. The summed E-state index contributed by atoms with van der Waals surface area (Å²) in [5.41, 5.74) is 2.14. The van der Waals surface area contributed by atoms with E-state index >= 15 is 0 Å². The van der Waals surface area contributed by atoms with Crippen molar-refractivity contribution in [2.75, 3.05) is 19.5 Å². The maximum atomic E-state index is 12.7. The number of aromatic nitrogens is 3. The van der Waals surface area contributed by atoms with E-state index in [0.29, 0.717) is 28.6 Å². The van der Waals surface area contributed by atoms with Crippen LogP contribution in [0, 0.1) is 6.92 Å². The molecule has 0 radical (unpaired) electrons. The molecule has 0 saturated carbocycles. The number of carbonyl (C=O) groups excluding carboxylic acids is 2. The van der Waals surface area contributed by atoms with Crippen LogP contribution in [-0.4, -0.2) is 40.2 Å². The van der Waals surface area contributed by atoms with Crippen LogP contribution in [0.5, 0.6) is 11.5 Å². The highest BCUT2D eigenvalue weighted by Gasteiger charge is 2.20. The van der Waals surface area contributed by atoms with Crippen molar-refractivity contribution in [2.45, 2.75) is 18.7 Å². The minimum absolute atomic E-state index is 0.151. The van der Waals surface area contributed by atoms with Gasteiger partial charge >= 0.3 is 0 Å². The minimum atomic E-state index is -0.233. The Bertz CT molecular complexity index is 1050. The van der Waals surface area contributed by atoms with Gasteiger partial charge in [0.05, 0.1) is 19.9 Å². The molecule has 1 N–H and O–H groups in total. The molecule has 0 unspecified atom stereocenters. The molecule has 150 valence electrons. The van der Waals surface area contributed by atoms with Crippen LogP contribution in [-0.2, 0) is 4.79 Å². The highest BCUT2D eigenvalue weighted by Crippen LogP contribution is 2.30. The van der Waals surface area contributed by atoms with Crippen molar-refractivity contribution in [1.82, 2.24) is 15.0 Å². The van der Waals surface area contributed by atoms with Crippen LogP contribution in [0.2, 0.25) is 0 Å². The summed E-state index contributed by atoms with van der Waals surface area (Å²) in [6.45, 7) is 3.21. The molecular weight excluding hydrogens is 392 g/mol. The standard InChI is InChI=1S/C20H20N4O4S/c1-12-19(20(26)29-16-8-5-14(6-9-16)21-13(2)25)22-23-24(12)17-11-15(27-3)7-10-18(17)28-4/h5-11H,1-4H3,(H,21,25). The summed E-state index contributed by atoms with van der Waals surface area (Å²) in [5, 5.41) is 10.6. The number of benzene rings is 2. The monoisotopic (exact) mass is 412 g/mol. The zero-order valence-corrected chi connectivity index (χ0v) is 17.2. The van der Waals surface area contributed by atoms with Crippen molar-refractivity contribution >= 4 is 28.5 Å². The second kappa shape index (κ2) is 8.78. The third-order valence-electron chi connectivity index (χ3n) is 4.09. The molecule has 0 bridgehead atoms. The summed E-state index contributed by atoms with van der Waals surface area (Å²) in [5.74, 6) is 1.07. The van der Waals surface area contributed by atoms with E-state index in [2.05, 4.69) is 15.6 Å². The largest absolute Gasteiger partial charge is 0.497 e. The molecule has 0 fully saturated rings. The van der Waals surface area contributed by atoms with E-state index in [1.54, 1.807) is 68.3 Å². The van der Waals surface area contributed by atoms with Gasteiger partial charge in [-0.15, -0.1) is 5.10 Å². The molecule has 1 amide bonds. The number of anilines is 1. The van der Waals surface area contributed by atoms with Crippen molar-refractivity contribution in [3.63, 3.8) is 0 Å². The van der Waals surface area contributed by atoms with Crippen LogP contribution in [0.25, 0.3) is 5.69 Å². The van der Waals surface area contributed by atoms with E-state index in [1.165, 1.54) is 6.92 Å². The zero-order valence-electron chi connectivity index (χ0n) is 16.4. The molecule has 2 aromatic carbocycles. The Kier molecular flexibility index (Phi) is 6.18. The molecule has 9 heteroatoms. The number of thioether (sulfide) groups is 1. The van der Waals surface area contributed by atoms with Gasteiger partial charge in [0.1, 0.15) is 17.2 Å². The van der Waals surface area contributed by atoms with Crippen LogP contribution in [0.1, 0.15) is 23.1 Å². The van der Waals surface area contributed by atoms with Crippen molar-refractivity contribution in [2.24, 2.45) is 0 Å². The molecule has 29 heavy (non-hydrogen) atoms. The van der Waals surface area contributed by atoms with Gasteiger partial charge in [0.2, 0.25) is 11.0 Å². The van der Waals surface area contributed by atoms with Crippen LogP contribution in [0.3, 0.4) is 0 Å². The first-order chi connectivity index (χ1) is 13.9. The molecule has 0 aliphatic carbocycles. The first-order valence-electron chi connectivity index (χ1n) is 8.67. The summed E-state index contributed by atoms with van der Waals surface area (Å²) >= 11 is 1.04. The van der Waals surface area contributed by atoms with Crippen molar-refractivity contribution < 1.29 is 19.1 Å². The number of rotatable bonds is 6. The molecule has 1 heterocycles. The number of methoxy groups -OCH3 is 2. The van der Waals surface area contributed by atoms with Gasteiger partial charge < -0.3 is 14.8 Å². The molecule has 3 aromatic rings. The Balaban J connectivity index is 1.84. The molecular formula is C20H20N4O4S. The zero-order chi connectivity index (χ0) is 21.0. The molecule has 3 rings (SSSR count). The lowest BCUT2D eigenvalue weighted by Crippen LogP contribution is -2.05. The van der Waals surface area contributed by atoms with Gasteiger partial charge in [-0.1, -0.05) is 5.21 Å². The minimum Gasteiger partial charge on any atom is -0.497 e. The molecule has 1 aromatic heterocycles. The van der Waals surface area contributed by atoms with Crippen molar-refractivity contribution in [3.05, 3.63) is 53.9 Å². The Morgan fingerprint density at radius 1 is 1.07 bits per heavy atom. The predicted molar refractivity (Wildman–Crippen MR) is 110 cm³/mol. The lowest BCUT2D eigenvalue weighted by molar-refractivity contribution is -0.114. The number of amides is 1. The smallest absolute Gasteiger partial charge is 0.246 e. The van der Waals surface area contributed by atoms with E-state index in [1.807, 2.05) is 0 Å². The Morgan fingerprint density at radius 3 is 2.41 bits per heavy atom. The lowest BCUT2D eigenvalue weighted by Gasteiger charge is -2.11. The Hall–Kier alpha value is -3.33. The fourth-order valence-electron chi connectivity index (χ4n) is 2.67. The molecule has 0 saturated heterocycles. The molecule has 8 nitrogen and oxygen atoms in total. The van der Waals surface area contributed by atoms with E-state index in [9.17, 15) is 9.59 Å². The fourth-order valence-corrected chi connectivity index (χ4v) is 3.45. The maximum absolute atomic E-state index is 12.7. The van der Waals surface area contributed by atoms with Gasteiger partial charge in [-0.3, -0.25) is 9.59 Å². The van der Waals surface area contributed by atoms with E-state index in [-0.39, 0.29) is 16.7 Å². The molecule has 0 aliphatic rings. The predicted octanol–water partition coefficient (Wildman–Crippen LogP) is 3.48. The molecule has 0 atom stereocenters. The Morgan fingerprint density at radius 2 is 1.79 bits per heavy atom. The van der Waals surface area contributed by atoms with Gasteiger partial charge in [0.15, 0.2) is 5.69 Å². The van der Waals surface area contributed by atoms with Gasteiger partial charge in [-0.25, -0.2) is 4.68 Å². The van der Waals surface area contributed by atoms with Gasteiger partial charge in [0, 0.05) is 23.6 Å². The number of hydrogen-bond acceptors (Lipinski definition) is 7. The average Bonchev–Trinajstić information content (AvgIpc) is 3.09. The average molecular weight is 412 g/mol. The highest BCUT2D eigenvalue weighted by molar-refractivity contribution is 8.14. The van der Waals surface area contributed by atoms with Gasteiger partial charge in [-0.05, 0) is 55.1 Å². The van der Waals surface area contributed by atoms with Crippen LogP contribution in [0.4, 0.5) is 5.69 Å². The van der Waals surface area contributed by atoms with Crippen molar-refractivity contribution in [3.8, 4) is 17.2 Å². The van der Waals surface area contributed by atoms with Gasteiger partial charge in [-0.2, -0.15) is 0 Å². The number of nitrogens with one attached hydrogen (secondary N) is 1. The summed E-state index contributed by atoms with van der Waals surface area (Å²) in [7, 11) is 3.13. The maximum Gasteiger partial charge on any atom is 0.246 e. The molecule has 0 spiro atoms. The quantitative estimate of drug-likeness (QED) is 0.619. The van der Waals surface area contributed by atoms with E-state index in [0.717, 1.165) is 16.7 Å². The molecule has 0 aliphatic heterocycles. The van der Waals surface area contributed by atoms with Crippen LogP contribution in [0.15, 0.2) is 47.4 Å². The van der Waals surface area contributed by atoms with E-state index in [4.69, 9.17) is 9.47 Å². The first kappa shape index (κ1) is 20.4. The third kappa shape index (κ3) is 4.57. The topological polar surface area (TPSA) is 95.3 Å². The SMILES string of the molecule is COc1ccc(OC)c(-n2nnc(C(=O)Sc3ccc(NC(C)=O)cc3)c2C)c1. The van der Waals surface area contributed by atoms with Crippen LogP contribution < -0.4 is 14.8 Å². The summed E-state index contributed by atoms with van der Waals surface area (Å²) in [6, 6.07) is 12.3. The lowest BCUT2D eigenvalue weighted by atomic mass is 10.2. The number of hydrogen-bond donors (Lipinski definition) is 1. The van der Waals surface area contributed by atoms with Crippen molar-refractivity contribution in [1.29, 1.82) is 0 Å². The summed E-state index contributed by atoms with van der Waals surface area (Å²) < 4.78 is 12.2. The number of carbonyl (C=O) groups is 2. The number of nitrogens with zero attached hydrogens (tertiary/aromatic N) is 3. The normalized spacial score (nSPS) is 10.5. The summed E-state index contributed by atoms with van der Waals surface area (Å²) in [6.07, 6.45) is 0.